The lowest BCUT2D eigenvalue weighted by molar-refractivity contribution is -0.139. The first-order valence-electron chi connectivity index (χ1n) is 6.29. The van der Waals surface area contributed by atoms with Crippen molar-refractivity contribution in [1.82, 2.24) is 0 Å². The van der Waals surface area contributed by atoms with Gasteiger partial charge < -0.3 is 4.74 Å². The molecule has 2 nitrogen and oxygen atoms in total. The zero-order valence-corrected chi connectivity index (χ0v) is 10.7. The van der Waals surface area contributed by atoms with Gasteiger partial charge in [-0.05, 0) is 33.1 Å². The average Bonchev–Trinajstić information content (AvgIpc) is 2.52. The molecular formula is C15H20O2. The summed E-state index contributed by atoms with van der Waals surface area (Å²) in [6, 6.07) is 0. The maximum absolute atomic E-state index is 11.6. The molecule has 1 aliphatic heterocycles. The molecule has 1 heterocycles. The van der Waals surface area contributed by atoms with E-state index < -0.39 is 0 Å². The van der Waals surface area contributed by atoms with Crippen molar-refractivity contribution in [2.75, 3.05) is 0 Å². The fourth-order valence-corrected chi connectivity index (χ4v) is 2.53. The van der Waals surface area contributed by atoms with Crippen LogP contribution in [0.25, 0.3) is 0 Å². The van der Waals surface area contributed by atoms with Gasteiger partial charge in [-0.15, -0.1) is 0 Å². The van der Waals surface area contributed by atoms with Crippen LogP contribution in [0, 0.1) is 5.92 Å². The van der Waals surface area contributed by atoms with Crippen LogP contribution in [-0.2, 0) is 9.53 Å². The molecule has 0 aromatic rings. The second kappa shape index (κ2) is 4.91. The molecule has 2 aliphatic rings. The van der Waals surface area contributed by atoms with E-state index in [4.69, 9.17) is 4.74 Å². The van der Waals surface area contributed by atoms with Crippen molar-refractivity contribution in [3.05, 3.63) is 35.5 Å². The van der Waals surface area contributed by atoms with E-state index in [2.05, 4.69) is 32.6 Å². The van der Waals surface area contributed by atoms with Gasteiger partial charge in [-0.3, -0.25) is 0 Å². The second-order valence-electron chi connectivity index (χ2n) is 5.15. The number of allylic oxidation sites excluding steroid dienone is 3. The van der Waals surface area contributed by atoms with E-state index in [1.54, 1.807) is 0 Å². The third-order valence-corrected chi connectivity index (χ3v) is 3.69. The van der Waals surface area contributed by atoms with E-state index in [0.29, 0.717) is 5.57 Å². The molecule has 0 N–H and O–H groups in total. The van der Waals surface area contributed by atoms with Crippen LogP contribution in [0.3, 0.4) is 0 Å². The van der Waals surface area contributed by atoms with Gasteiger partial charge in [0, 0.05) is 17.9 Å². The van der Waals surface area contributed by atoms with Crippen molar-refractivity contribution in [3.8, 4) is 0 Å². The first-order chi connectivity index (χ1) is 8.08. The number of hydrogen-bond acceptors (Lipinski definition) is 2. The van der Waals surface area contributed by atoms with E-state index in [0.717, 1.165) is 25.7 Å². The highest BCUT2D eigenvalue weighted by Crippen LogP contribution is 2.34. The standard InChI is InChI=1S/C15H20O2/c1-10-5-4-6-11(2)9-14-13(8-7-10)12(3)15(16)17-14/h6-7,13-14H,3-5,8-9H2,1-2H3/t13-,14-/m1/s1. The Morgan fingerprint density at radius 1 is 1.29 bits per heavy atom. The van der Waals surface area contributed by atoms with Crippen LogP contribution in [0.2, 0.25) is 0 Å². The highest BCUT2D eigenvalue weighted by atomic mass is 16.6. The normalized spacial score (nSPS) is 30.2. The molecule has 0 aromatic carbocycles. The topological polar surface area (TPSA) is 26.3 Å². The van der Waals surface area contributed by atoms with E-state index in [9.17, 15) is 4.79 Å². The Morgan fingerprint density at radius 3 is 2.82 bits per heavy atom. The number of rotatable bonds is 0. The maximum Gasteiger partial charge on any atom is 0.334 e. The summed E-state index contributed by atoms with van der Waals surface area (Å²) in [5.74, 6) is -0.0444. The Kier molecular flexibility index (Phi) is 3.51. The Bertz CT molecular complexity index is 401. The molecule has 2 atom stereocenters. The Morgan fingerprint density at radius 2 is 2.06 bits per heavy atom. The summed E-state index contributed by atoms with van der Waals surface area (Å²) < 4.78 is 5.41. The molecule has 0 unspecified atom stereocenters. The van der Waals surface area contributed by atoms with Gasteiger partial charge in [0.05, 0.1) is 0 Å². The van der Waals surface area contributed by atoms with Gasteiger partial charge in [0.2, 0.25) is 0 Å². The molecule has 2 heteroatoms. The number of fused-ring (bicyclic) bond motifs is 1. The summed E-state index contributed by atoms with van der Waals surface area (Å²) in [5, 5.41) is 0. The first-order valence-corrected chi connectivity index (χ1v) is 6.29. The zero-order valence-electron chi connectivity index (χ0n) is 10.7. The minimum absolute atomic E-state index is 0.00611. The van der Waals surface area contributed by atoms with Gasteiger partial charge in [0.25, 0.3) is 0 Å². The molecule has 0 radical (unpaired) electrons. The van der Waals surface area contributed by atoms with Gasteiger partial charge in [-0.25, -0.2) is 4.79 Å². The zero-order chi connectivity index (χ0) is 12.4. The molecule has 0 amide bonds. The van der Waals surface area contributed by atoms with Crippen molar-refractivity contribution in [2.45, 2.75) is 45.6 Å². The molecule has 17 heavy (non-hydrogen) atoms. The van der Waals surface area contributed by atoms with E-state index >= 15 is 0 Å². The van der Waals surface area contributed by atoms with Crippen LogP contribution in [0.5, 0.6) is 0 Å². The highest BCUT2D eigenvalue weighted by Gasteiger charge is 2.37. The van der Waals surface area contributed by atoms with Gasteiger partial charge in [0.1, 0.15) is 6.10 Å². The number of esters is 1. The second-order valence-corrected chi connectivity index (χ2v) is 5.15. The van der Waals surface area contributed by atoms with Crippen LogP contribution in [-0.4, -0.2) is 12.1 Å². The monoisotopic (exact) mass is 232 g/mol. The number of carbonyl (C=O) groups excluding carboxylic acids is 1. The largest absolute Gasteiger partial charge is 0.458 e. The molecule has 1 saturated heterocycles. The summed E-state index contributed by atoms with van der Waals surface area (Å²) in [6.07, 6.45) is 8.41. The Labute approximate surface area is 103 Å². The van der Waals surface area contributed by atoms with Gasteiger partial charge >= 0.3 is 5.97 Å². The summed E-state index contributed by atoms with van der Waals surface area (Å²) in [4.78, 5) is 11.6. The summed E-state index contributed by atoms with van der Waals surface area (Å²) in [7, 11) is 0. The minimum atomic E-state index is -0.210. The third-order valence-electron chi connectivity index (χ3n) is 3.69. The predicted molar refractivity (Wildman–Crippen MR) is 68.5 cm³/mol. The smallest absolute Gasteiger partial charge is 0.334 e. The molecule has 0 saturated carbocycles. The highest BCUT2D eigenvalue weighted by molar-refractivity contribution is 5.90. The van der Waals surface area contributed by atoms with Crippen LogP contribution < -0.4 is 0 Å². The van der Waals surface area contributed by atoms with Crippen molar-refractivity contribution in [3.63, 3.8) is 0 Å². The minimum Gasteiger partial charge on any atom is -0.458 e. The van der Waals surface area contributed by atoms with E-state index in [-0.39, 0.29) is 18.0 Å². The number of hydrogen-bond donors (Lipinski definition) is 0. The van der Waals surface area contributed by atoms with Crippen molar-refractivity contribution in [1.29, 1.82) is 0 Å². The van der Waals surface area contributed by atoms with Crippen LogP contribution in [0.15, 0.2) is 35.5 Å². The quantitative estimate of drug-likeness (QED) is 0.363. The van der Waals surface area contributed by atoms with Gasteiger partial charge in [0.15, 0.2) is 0 Å². The molecule has 2 rings (SSSR count). The molecular weight excluding hydrogens is 212 g/mol. The Hall–Kier alpha value is -1.31. The fourth-order valence-electron chi connectivity index (χ4n) is 2.53. The van der Waals surface area contributed by atoms with Gasteiger partial charge in [-0.1, -0.05) is 29.9 Å². The molecule has 1 aliphatic carbocycles. The van der Waals surface area contributed by atoms with Crippen LogP contribution in [0.1, 0.15) is 39.5 Å². The van der Waals surface area contributed by atoms with Crippen LogP contribution in [0.4, 0.5) is 0 Å². The lowest BCUT2D eigenvalue weighted by Crippen LogP contribution is -2.17. The maximum atomic E-state index is 11.6. The molecule has 0 bridgehead atoms. The molecule has 0 aromatic heterocycles. The summed E-state index contributed by atoms with van der Waals surface area (Å²) in [5.41, 5.74) is 3.35. The van der Waals surface area contributed by atoms with Crippen molar-refractivity contribution in [2.24, 2.45) is 5.92 Å². The number of ether oxygens (including phenoxy) is 1. The predicted octanol–water partition coefficient (Wildman–Crippen LogP) is 3.55. The molecule has 92 valence electrons. The Balaban J connectivity index is 2.23. The first kappa shape index (κ1) is 12.2. The molecule has 1 fully saturated rings. The number of carbonyl (C=O) groups is 1. The lowest BCUT2D eigenvalue weighted by Gasteiger charge is -2.18. The van der Waals surface area contributed by atoms with Crippen molar-refractivity contribution >= 4 is 5.97 Å². The lowest BCUT2D eigenvalue weighted by atomic mass is 9.88. The molecule has 0 spiro atoms. The van der Waals surface area contributed by atoms with Crippen molar-refractivity contribution < 1.29 is 9.53 Å². The van der Waals surface area contributed by atoms with E-state index in [1.165, 1.54) is 11.1 Å². The third kappa shape index (κ3) is 2.68. The van der Waals surface area contributed by atoms with E-state index in [1.807, 2.05) is 0 Å². The average molecular weight is 232 g/mol. The summed E-state index contributed by atoms with van der Waals surface area (Å²) in [6.45, 7) is 8.14. The summed E-state index contributed by atoms with van der Waals surface area (Å²) >= 11 is 0. The van der Waals surface area contributed by atoms with Crippen LogP contribution >= 0.6 is 0 Å². The fraction of sp³-hybridized carbons (Fsp3) is 0.533. The van der Waals surface area contributed by atoms with Gasteiger partial charge in [-0.2, -0.15) is 0 Å². The SMILES string of the molecule is C=C1C(=O)O[C@@H]2CC(C)=CCCC(C)=CC[C@H]12.